The van der Waals surface area contributed by atoms with Crippen molar-refractivity contribution in [3.63, 3.8) is 0 Å². The van der Waals surface area contributed by atoms with E-state index in [2.05, 4.69) is 15.2 Å². The first kappa shape index (κ1) is 16.7. The molecule has 3 rings (SSSR count). The van der Waals surface area contributed by atoms with E-state index in [0.717, 1.165) is 6.07 Å². The van der Waals surface area contributed by atoms with Gasteiger partial charge in [-0.05, 0) is 24.3 Å². The van der Waals surface area contributed by atoms with Gasteiger partial charge in [0.15, 0.2) is 0 Å². The fraction of sp³-hybridized carbons (Fsp3) is 0.0714. The van der Waals surface area contributed by atoms with Crippen molar-refractivity contribution in [2.45, 2.75) is 6.18 Å². The highest BCUT2D eigenvalue weighted by atomic mass is 35.5. The molecular formula is C14H5Cl2F4N3O. The summed E-state index contributed by atoms with van der Waals surface area (Å²) >= 11 is 11.4. The van der Waals surface area contributed by atoms with Crippen LogP contribution in [0.3, 0.4) is 0 Å². The van der Waals surface area contributed by atoms with Crippen LogP contribution in [0.4, 0.5) is 17.6 Å². The fourth-order valence-electron chi connectivity index (χ4n) is 1.82. The minimum Gasteiger partial charge on any atom is -0.415 e. The van der Waals surface area contributed by atoms with Crippen molar-refractivity contribution in [2.75, 3.05) is 0 Å². The van der Waals surface area contributed by atoms with Crippen molar-refractivity contribution in [1.82, 2.24) is 15.2 Å². The Labute approximate surface area is 142 Å². The van der Waals surface area contributed by atoms with Crippen LogP contribution in [0.2, 0.25) is 10.0 Å². The zero-order valence-electron chi connectivity index (χ0n) is 11.4. The second kappa shape index (κ2) is 6.03. The van der Waals surface area contributed by atoms with Crippen LogP contribution >= 0.6 is 23.2 Å². The molecule has 0 N–H and O–H groups in total. The van der Waals surface area contributed by atoms with Gasteiger partial charge in [0, 0.05) is 11.8 Å². The van der Waals surface area contributed by atoms with E-state index < -0.39 is 17.6 Å². The number of nitrogens with zero attached hydrogens (tertiary/aromatic N) is 3. The molecule has 0 unspecified atom stereocenters. The van der Waals surface area contributed by atoms with E-state index in [9.17, 15) is 17.6 Å². The number of hydrogen-bond acceptors (Lipinski definition) is 4. The van der Waals surface area contributed by atoms with Crippen LogP contribution < -0.4 is 0 Å². The zero-order chi connectivity index (χ0) is 17.5. The minimum atomic E-state index is -4.57. The molecule has 1 aromatic carbocycles. The van der Waals surface area contributed by atoms with Crippen molar-refractivity contribution in [2.24, 2.45) is 0 Å². The van der Waals surface area contributed by atoms with Gasteiger partial charge in [0.05, 0.1) is 15.6 Å². The summed E-state index contributed by atoms with van der Waals surface area (Å²) in [6, 6.07) is 4.54. The van der Waals surface area contributed by atoms with E-state index in [-0.39, 0.29) is 33.1 Å². The normalized spacial score (nSPS) is 11.8. The van der Waals surface area contributed by atoms with Crippen LogP contribution in [0, 0.1) is 5.82 Å². The Morgan fingerprint density at radius 2 is 1.67 bits per heavy atom. The summed E-state index contributed by atoms with van der Waals surface area (Å²) in [5.74, 6) is -0.933. The number of alkyl halides is 3. The van der Waals surface area contributed by atoms with E-state index >= 15 is 0 Å². The highest BCUT2D eigenvalue weighted by Crippen LogP contribution is 2.34. The SMILES string of the molecule is Fc1cc(-c2nnc(-c3ncc(C(F)(F)F)cc3Cl)o2)ccc1Cl. The number of hydrogen-bond donors (Lipinski definition) is 0. The molecule has 10 heteroatoms. The highest BCUT2D eigenvalue weighted by Gasteiger charge is 2.32. The molecule has 0 saturated carbocycles. The van der Waals surface area contributed by atoms with Crippen LogP contribution in [-0.4, -0.2) is 15.2 Å². The molecule has 0 fully saturated rings. The Kier molecular flexibility index (Phi) is 4.18. The third kappa shape index (κ3) is 3.20. The topological polar surface area (TPSA) is 51.8 Å². The van der Waals surface area contributed by atoms with Gasteiger partial charge in [0.1, 0.15) is 11.5 Å². The maximum absolute atomic E-state index is 13.5. The van der Waals surface area contributed by atoms with Gasteiger partial charge in [0.25, 0.3) is 5.89 Å². The van der Waals surface area contributed by atoms with Gasteiger partial charge >= 0.3 is 6.18 Å². The van der Waals surface area contributed by atoms with Gasteiger partial charge in [0.2, 0.25) is 5.89 Å². The molecule has 0 atom stereocenters. The van der Waals surface area contributed by atoms with Crippen molar-refractivity contribution >= 4 is 23.2 Å². The number of benzene rings is 1. The molecule has 124 valence electrons. The van der Waals surface area contributed by atoms with E-state index in [1.807, 2.05) is 0 Å². The third-order valence-corrected chi connectivity index (χ3v) is 3.56. The summed E-state index contributed by atoms with van der Waals surface area (Å²) in [5, 5.41) is 6.98. The molecule has 0 aliphatic rings. The summed E-state index contributed by atoms with van der Waals surface area (Å²) in [5.41, 5.74) is -0.868. The molecule has 0 bridgehead atoms. The molecule has 3 aromatic rings. The molecule has 2 heterocycles. The fourth-order valence-corrected chi connectivity index (χ4v) is 2.18. The molecule has 0 saturated heterocycles. The molecule has 24 heavy (non-hydrogen) atoms. The summed E-state index contributed by atoms with van der Waals surface area (Å²) in [6.07, 6.45) is -3.97. The largest absolute Gasteiger partial charge is 0.417 e. The predicted octanol–water partition coefficient (Wildman–Crippen LogP) is 5.26. The first-order valence-electron chi connectivity index (χ1n) is 6.28. The van der Waals surface area contributed by atoms with Gasteiger partial charge in [-0.15, -0.1) is 10.2 Å². The van der Waals surface area contributed by atoms with Crippen molar-refractivity contribution < 1.29 is 22.0 Å². The first-order valence-corrected chi connectivity index (χ1v) is 7.03. The summed E-state index contributed by atoms with van der Waals surface area (Å²) in [6.45, 7) is 0. The van der Waals surface area contributed by atoms with Gasteiger partial charge in [-0.1, -0.05) is 23.2 Å². The smallest absolute Gasteiger partial charge is 0.415 e. The molecule has 2 aromatic heterocycles. The van der Waals surface area contributed by atoms with Crippen LogP contribution in [0.15, 0.2) is 34.9 Å². The maximum atomic E-state index is 13.5. The number of rotatable bonds is 2. The Balaban J connectivity index is 1.97. The van der Waals surface area contributed by atoms with E-state index in [4.69, 9.17) is 27.6 Å². The lowest BCUT2D eigenvalue weighted by Crippen LogP contribution is -2.05. The van der Waals surface area contributed by atoms with Gasteiger partial charge < -0.3 is 4.42 Å². The number of pyridine rings is 1. The molecule has 0 aliphatic carbocycles. The van der Waals surface area contributed by atoms with E-state index in [0.29, 0.717) is 12.3 Å². The quantitative estimate of drug-likeness (QED) is 0.571. The average molecular weight is 378 g/mol. The van der Waals surface area contributed by atoms with Crippen LogP contribution in [0.1, 0.15) is 5.56 Å². The van der Waals surface area contributed by atoms with Crippen LogP contribution in [0.5, 0.6) is 0 Å². The van der Waals surface area contributed by atoms with E-state index in [1.54, 1.807) is 0 Å². The predicted molar refractivity (Wildman–Crippen MR) is 77.9 cm³/mol. The van der Waals surface area contributed by atoms with Gasteiger partial charge in [-0.3, -0.25) is 0 Å². The number of aromatic nitrogens is 3. The van der Waals surface area contributed by atoms with E-state index in [1.165, 1.54) is 12.1 Å². The average Bonchev–Trinajstić information content (AvgIpc) is 2.98. The third-order valence-electron chi connectivity index (χ3n) is 2.96. The maximum Gasteiger partial charge on any atom is 0.417 e. The highest BCUT2D eigenvalue weighted by molar-refractivity contribution is 6.32. The van der Waals surface area contributed by atoms with Crippen LogP contribution in [0.25, 0.3) is 23.0 Å². The Bertz CT molecular complexity index is 911. The summed E-state index contributed by atoms with van der Waals surface area (Å²) < 4.78 is 56.6. The van der Waals surface area contributed by atoms with Crippen molar-refractivity contribution in [3.05, 3.63) is 51.9 Å². The second-order valence-corrected chi connectivity index (χ2v) is 5.41. The lowest BCUT2D eigenvalue weighted by atomic mass is 10.2. The molecule has 0 aliphatic heterocycles. The Morgan fingerprint density at radius 1 is 0.958 bits per heavy atom. The first-order chi connectivity index (χ1) is 11.3. The lowest BCUT2D eigenvalue weighted by molar-refractivity contribution is -0.137. The standard InChI is InChI=1S/C14H5Cl2F4N3O/c15-8-2-1-6(3-10(8)17)12-22-23-13(24-12)11-9(16)4-7(5-21-11)14(18,19)20/h1-5H. The Morgan fingerprint density at radius 3 is 2.29 bits per heavy atom. The minimum absolute atomic E-state index is 0.0571. The molecule has 4 nitrogen and oxygen atoms in total. The number of halogens is 6. The second-order valence-electron chi connectivity index (χ2n) is 4.59. The summed E-state index contributed by atoms with van der Waals surface area (Å²) in [7, 11) is 0. The lowest BCUT2D eigenvalue weighted by Gasteiger charge is -2.07. The zero-order valence-corrected chi connectivity index (χ0v) is 12.9. The molecule has 0 spiro atoms. The molecule has 0 radical (unpaired) electrons. The van der Waals surface area contributed by atoms with Gasteiger partial charge in [-0.2, -0.15) is 13.2 Å². The van der Waals surface area contributed by atoms with Crippen LogP contribution in [-0.2, 0) is 6.18 Å². The monoisotopic (exact) mass is 377 g/mol. The Hall–Kier alpha value is -2.19. The molecule has 0 amide bonds. The molecular weight excluding hydrogens is 373 g/mol. The van der Waals surface area contributed by atoms with Gasteiger partial charge in [-0.25, -0.2) is 9.37 Å². The van der Waals surface area contributed by atoms with Crippen molar-refractivity contribution in [3.8, 4) is 23.0 Å². The van der Waals surface area contributed by atoms with Crippen molar-refractivity contribution in [1.29, 1.82) is 0 Å². The summed E-state index contributed by atoms with van der Waals surface area (Å²) in [4.78, 5) is 3.61.